The minimum atomic E-state index is -3.48. The smallest absolute Gasteiger partial charge is 0.247 e. The van der Waals surface area contributed by atoms with Crippen LogP contribution in [0.3, 0.4) is 0 Å². The van der Waals surface area contributed by atoms with Crippen LogP contribution in [0.1, 0.15) is 33.9 Å². The summed E-state index contributed by atoms with van der Waals surface area (Å²) in [6.45, 7) is 2.90. The van der Waals surface area contributed by atoms with E-state index in [0.29, 0.717) is 18.8 Å². The topological polar surface area (TPSA) is 79.6 Å². The van der Waals surface area contributed by atoms with Gasteiger partial charge in [-0.3, -0.25) is 4.79 Å². The van der Waals surface area contributed by atoms with Crippen LogP contribution in [-0.2, 0) is 27.9 Å². The number of sulfonamides is 1. The number of aryl methyl sites for hydroxylation is 1. The molecular weight excluding hydrogens is 432 g/mol. The fraction of sp³-hybridized carbons (Fsp3) is 0.261. The zero-order valence-electron chi connectivity index (χ0n) is 17.2. The number of furan rings is 1. The van der Waals surface area contributed by atoms with Gasteiger partial charge in [-0.05, 0) is 67.8 Å². The lowest BCUT2D eigenvalue weighted by Gasteiger charge is -2.19. The molecular formula is C23H24N2O4S2. The molecule has 6 nitrogen and oxygen atoms in total. The van der Waals surface area contributed by atoms with E-state index in [0.717, 1.165) is 23.3 Å². The predicted octanol–water partition coefficient (Wildman–Crippen LogP) is 4.33. The van der Waals surface area contributed by atoms with Gasteiger partial charge in [0, 0.05) is 21.9 Å². The zero-order chi connectivity index (χ0) is 21.8. The van der Waals surface area contributed by atoms with Crippen molar-refractivity contribution in [2.45, 2.75) is 43.8 Å². The van der Waals surface area contributed by atoms with Crippen molar-refractivity contribution in [3.05, 3.63) is 81.9 Å². The Kier molecular flexibility index (Phi) is 6.41. The maximum atomic E-state index is 12.9. The maximum absolute atomic E-state index is 12.9. The van der Waals surface area contributed by atoms with Crippen molar-refractivity contribution in [1.29, 1.82) is 0 Å². The maximum Gasteiger partial charge on any atom is 0.247 e. The molecule has 1 saturated carbocycles. The van der Waals surface area contributed by atoms with Crippen LogP contribution in [0.4, 0.5) is 0 Å². The molecule has 0 bridgehead atoms. The van der Waals surface area contributed by atoms with Gasteiger partial charge >= 0.3 is 0 Å². The van der Waals surface area contributed by atoms with Gasteiger partial charge in [-0.2, -0.15) is 0 Å². The highest BCUT2D eigenvalue weighted by Crippen LogP contribution is 2.23. The summed E-state index contributed by atoms with van der Waals surface area (Å²) in [6.07, 6.45) is 6.58. The molecule has 1 fully saturated rings. The predicted molar refractivity (Wildman–Crippen MR) is 121 cm³/mol. The van der Waals surface area contributed by atoms with Crippen molar-refractivity contribution in [1.82, 2.24) is 9.62 Å². The average Bonchev–Trinajstić information content (AvgIpc) is 3.21. The molecule has 1 aliphatic carbocycles. The number of hydrogen-bond donors (Lipinski definition) is 1. The summed E-state index contributed by atoms with van der Waals surface area (Å²) in [5.74, 6) is 0.572. The van der Waals surface area contributed by atoms with E-state index in [1.165, 1.54) is 11.0 Å². The van der Waals surface area contributed by atoms with E-state index in [4.69, 9.17) is 4.42 Å². The summed E-state index contributed by atoms with van der Waals surface area (Å²) in [5.41, 5.74) is 0.753. The first-order chi connectivity index (χ1) is 14.9. The Balaban J connectivity index is 1.45. The van der Waals surface area contributed by atoms with E-state index >= 15 is 0 Å². The lowest BCUT2D eigenvalue weighted by molar-refractivity contribution is -0.127. The van der Waals surface area contributed by atoms with E-state index in [1.807, 2.05) is 25.1 Å². The van der Waals surface area contributed by atoms with E-state index in [9.17, 15) is 13.2 Å². The van der Waals surface area contributed by atoms with Crippen molar-refractivity contribution >= 4 is 33.3 Å². The molecule has 0 saturated heterocycles. The number of amides is 1. The van der Waals surface area contributed by atoms with Crippen LogP contribution in [0.15, 0.2) is 70.2 Å². The Bertz CT molecular complexity index is 1160. The lowest BCUT2D eigenvalue weighted by atomic mass is 10.2. The quantitative estimate of drug-likeness (QED) is 0.486. The molecule has 0 aliphatic heterocycles. The van der Waals surface area contributed by atoms with Crippen LogP contribution in [0.25, 0.3) is 6.08 Å². The molecule has 2 heterocycles. The average molecular weight is 457 g/mol. The van der Waals surface area contributed by atoms with Crippen LogP contribution >= 0.6 is 11.3 Å². The Morgan fingerprint density at radius 3 is 2.55 bits per heavy atom. The van der Waals surface area contributed by atoms with Crippen molar-refractivity contribution in [3.8, 4) is 0 Å². The van der Waals surface area contributed by atoms with Gasteiger partial charge in [0.2, 0.25) is 15.9 Å². The van der Waals surface area contributed by atoms with Crippen LogP contribution < -0.4 is 4.72 Å². The van der Waals surface area contributed by atoms with Crippen molar-refractivity contribution in [2.75, 3.05) is 0 Å². The minimum Gasteiger partial charge on any atom is -0.467 e. The molecule has 8 heteroatoms. The molecule has 0 spiro atoms. The summed E-state index contributed by atoms with van der Waals surface area (Å²) >= 11 is 1.66. The van der Waals surface area contributed by atoms with Crippen LogP contribution in [0.2, 0.25) is 0 Å². The van der Waals surface area contributed by atoms with E-state index in [1.54, 1.807) is 58.9 Å². The number of rotatable bonds is 9. The second-order valence-electron chi connectivity index (χ2n) is 7.58. The fourth-order valence-corrected chi connectivity index (χ4v) is 5.29. The molecule has 1 amide bonds. The molecule has 1 aromatic carbocycles. The Hall–Kier alpha value is -2.68. The van der Waals surface area contributed by atoms with Gasteiger partial charge in [0.05, 0.1) is 24.2 Å². The second-order valence-corrected chi connectivity index (χ2v) is 10.7. The molecule has 2 aromatic heterocycles. The summed E-state index contributed by atoms with van der Waals surface area (Å²) < 4.78 is 32.6. The number of hydrogen-bond acceptors (Lipinski definition) is 5. The third-order valence-electron chi connectivity index (χ3n) is 4.89. The van der Waals surface area contributed by atoms with E-state index in [-0.39, 0.29) is 16.8 Å². The number of nitrogens with zero attached hydrogens (tertiary/aromatic N) is 1. The normalized spacial score (nSPS) is 14.2. The third kappa shape index (κ3) is 5.94. The highest BCUT2D eigenvalue weighted by molar-refractivity contribution is 7.89. The summed E-state index contributed by atoms with van der Waals surface area (Å²) in [4.78, 5) is 17.2. The monoisotopic (exact) mass is 456 g/mol. The number of thiophene rings is 1. The second kappa shape index (κ2) is 9.21. The number of carbonyl (C=O) groups is 1. The van der Waals surface area contributed by atoms with Gasteiger partial charge in [0.15, 0.2) is 0 Å². The summed E-state index contributed by atoms with van der Waals surface area (Å²) in [7, 11) is -3.48. The standard InChI is InChI=1S/C23H24N2O4S2/c1-17-4-10-21(30-17)16-25(15-20-3-2-14-29-20)23(26)13-7-18-5-11-22(12-6-18)31(27,28)24-19-8-9-19/h2-7,10-14,19,24H,8-9,15-16H2,1H3/b13-7+. The largest absolute Gasteiger partial charge is 0.467 e. The summed E-state index contributed by atoms with van der Waals surface area (Å²) in [6, 6.07) is 14.3. The minimum absolute atomic E-state index is 0.0643. The molecule has 0 radical (unpaired) electrons. The summed E-state index contributed by atoms with van der Waals surface area (Å²) in [5, 5.41) is 0. The molecule has 0 atom stereocenters. The molecule has 0 unspecified atom stereocenters. The van der Waals surface area contributed by atoms with E-state index < -0.39 is 10.0 Å². The first kappa shape index (κ1) is 21.5. The fourth-order valence-electron chi connectivity index (χ4n) is 3.08. The molecule has 31 heavy (non-hydrogen) atoms. The Morgan fingerprint density at radius 1 is 1.16 bits per heavy atom. The van der Waals surface area contributed by atoms with E-state index in [2.05, 4.69) is 4.72 Å². The van der Waals surface area contributed by atoms with Crippen LogP contribution in [0, 0.1) is 6.92 Å². The van der Waals surface area contributed by atoms with Gasteiger partial charge in [-0.15, -0.1) is 11.3 Å². The number of carbonyl (C=O) groups excluding carboxylic acids is 1. The molecule has 162 valence electrons. The van der Waals surface area contributed by atoms with Crippen molar-refractivity contribution in [3.63, 3.8) is 0 Å². The molecule has 1 aliphatic rings. The van der Waals surface area contributed by atoms with Crippen molar-refractivity contribution < 1.29 is 17.6 Å². The van der Waals surface area contributed by atoms with Crippen molar-refractivity contribution in [2.24, 2.45) is 0 Å². The van der Waals surface area contributed by atoms with Gasteiger partial charge in [-0.25, -0.2) is 13.1 Å². The first-order valence-corrected chi connectivity index (χ1v) is 12.4. The third-order valence-corrected chi connectivity index (χ3v) is 7.41. The highest BCUT2D eigenvalue weighted by atomic mass is 32.2. The highest BCUT2D eigenvalue weighted by Gasteiger charge is 2.27. The van der Waals surface area contributed by atoms with Gasteiger partial charge < -0.3 is 9.32 Å². The lowest BCUT2D eigenvalue weighted by Crippen LogP contribution is -2.28. The molecule has 4 rings (SSSR count). The van der Waals surface area contributed by atoms with Crippen LogP contribution in [0.5, 0.6) is 0 Å². The Labute approximate surface area is 186 Å². The van der Waals surface area contributed by atoms with Crippen LogP contribution in [-0.4, -0.2) is 25.3 Å². The van der Waals surface area contributed by atoms with Gasteiger partial charge in [-0.1, -0.05) is 12.1 Å². The zero-order valence-corrected chi connectivity index (χ0v) is 18.8. The van der Waals surface area contributed by atoms with Gasteiger partial charge in [0.25, 0.3) is 0 Å². The molecule has 3 aromatic rings. The van der Waals surface area contributed by atoms with Gasteiger partial charge in [0.1, 0.15) is 5.76 Å². The number of benzene rings is 1. The number of nitrogens with one attached hydrogen (secondary N) is 1. The first-order valence-electron chi connectivity index (χ1n) is 10.1. The Morgan fingerprint density at radius 2 is 1.94 bits per heavy atom. The molecule has 1 N–H and O–H groups in total. The SMILES string of the molecule is Cc1ccc(CN(Cc2ccco2)C(=O)/C=C/c2ccc(S(=O)(=O)NC3CC3)cc2)s1.